The molecule has 1 heterocycles. The lowest BCUT2D eigenvalue weighted by Gasteiger charge is -1.77. The van der Waals surface area contributed by atoms with Crippen LogP contribution in [-0.4, -0.2) is 6.21 Å². The van der Waals surface area contributed by atoms with Crippen molar-refractivity contribution in [3.8, 4) is 0 Å². The molecule has 1 aliphatic rings. The van der Waals surface area contributed by atoms with Crippen molar-refractivity contribution in [1.82, 2.24) is 0 Å². The first kappa shape index (κ1) is 3.49. The van der Waals surface area contributed by atoms with Crippen molar-refractivity contribution in [3.63, 3.8) is 0 Å². The minimum Gasteiger partial charge on any atom is -0.0453 e. The molecule has 1 atom stereocenters. The Balaban J connectivity index is 2.60. The van der Waals surface area contributed by atoms with Gasteiger partial charge >= 0.3 is 0 Å². The highest BCUT2D eigenvalue weighted by Crippen LogP contribution is 1.64. The van der Waals surface area contributed by atoms with E-state index in [1.165, 1.54) is 12.4 Å². The number of nitrogens with one attached hydrogen (secondary N) is 1. The number of halogens is 1. The van der Waals surface area contributed by atoms with Gasteiger partial charge in [-0.05, 0) is 5.10 Å². The summed E-state index contributed by atoms with van der Waals surface area (Å²) in [6, 6.07) is 0. The van der Waals surface area contributed by atoms with Crippen molar-refractivity contribution < 1.29 is 9.71 Å². The Morgan fingerprint density at radius 2 is 2.50 bits per heavy atom. The Morgan fingerprint density at radius 1 is 1.67 bits per heavy atom. The summed E-state index contributed by atoms with van der Waals surface area (Å²) in [5.41, 5.74) is 0. The van der Waals surface area contributed by atoms with Crippen molar-refractivity contribution in [2.24, 2.45) is 5.10 Å². The molecule has 0 amide bonds. The zero-order valence-corrected chi connectivity index (χ0v) is 3.06. The monoisotopic (exact) mass is 87.0 g/mol. The molecule has 6 heavy (non-hydrogen) atoms. The fraction of sp³-hybridized carbons (Fsp3) is 0. The molecule has 32 valence electrons. The third-order valence-electron chi connectivity index (χ3n) is 0.518. The van der Waals surface area contributed by atoms with Crippen molar-refractivity contribution in [2.45, 2.75) is 0 Å². The summed E-state index contributed by atoms with van der Waals surface area (Å²) in [7, 11) is 0. The molecular weight excluding hydrogens is 83.0 g/mol. The van der Waals surface area contributed by atoms with Gasteiger partial charge in [0.25, 0.3) is 0 Å². The second-order valence-electron chi connectivity index (χ2n) is 0.960. The maximum absolute atomic E-state index is 11.6. The van der Waals surface area contributed by atoms with Gasteiger partial charge in [0.2, 0.25) is 0 Å². The average Bonchev–Trinajstić information content (AvgIpc) is 1.86. The Morgan fingerprint density at radius 3 is 2.67 bits per heavy atom. The number of hydrogen-bond acceptors (Lipinski definition) is 1. The first-order chi connectivity index (χ1) is 2.89. The summed E-state index contributed by atoms with van der Waals surface area (Å²) in [6.07, 6.45) is 4.27. The van der Waals surface area contributed by atoms with E-state index in [-0.39, 0.29) is 0 Å². The summed E-state index contributed by atoms with van der Waals surface area (Å²) in [4.78, 5) is 0. The first-order valence-electron chi connectivity index (χ1n) is 1.63. The zero-order valence-electron chi connectivity index (χ0n) is 3.06. The van der Waals surface area contributed by atoms with E-state index in [0.717, 1.165) is 0 Å². The molecule has 0 aromatic rings. The first-order valence-corrected chi connectivity index (χ1v) is 1.63. The molecule has 0 bridgehead atoms. The van der Waals surface area contributed by atoms with Crippen molar-refractivity contribution in [3.05, 3.63) is 12.3 Å². The van der Waals surface area contributed by atoms with Crippen LogP contribution in [0.25, 0.3) is 0 Å². The van der Waals surface area contributed by atoms with Gasteiger partial charge in [-0.25, -0.2) is 0 Å². The van der Waals surface area contributed by atoms with Gasteiger partial charge in [0.05, 0.1) is 6.21 Å². The van der Waals surface area contributed by atoms with Crippen LogP contribution in [0.4, 0.5) is 4.48 Å². The molecule has 0 aromatic heterocycles. The quantitative estimate of drug-likeness (QED) is 0.375. The third-order valence-corrected chi connectivity index (χ3v) is 0.518. The van der Waals surface area contributed by atoms with Crippen LogP contribution in [-0.2, 0) is 0 Å². The van der Waals surface area contributed by atoms with Gasteiger partial charge in [-0.15, -0.1) is 0 Å². The van der Waals surface area contributed by atoms with Gasteiger partial charge in [0, 0.05) is 15.8 Å². The summed E-state index contributed by atoms with van der Waals surface area (Å²) in [6.45, 7) is 0. The summed E-state index contributed by atoms with van der Waals surface area (Å²) >= 11 is 0. The molecule has 0 radical (unpaired) electrons. The van der Waals surface area contributed by atoms with Gasteiger partial charge in [-0.3, -0.25) is 0 Å². The zero-order chi connectivity index (χ0) is 4.41. The number of hydrogen-bond donors (Lipinski definition) is 1. The van der Waals surface area contributed by atoms with Crippen LogP contribution < -0.4 is 5.23 Å². The lowest BCUT2D eigenvalue weighted by Crippen LogP contribution is -2.92. The van der Waals surface area contributed by atoms with E-state index in [2.05, 4.69) is 5.10 Å². The van der Waals surface area contributed by atoms with E-state index < -0.39 is 5.23 Å². The normalized spacial score (nSPS) is 29.2. The Hall–Kier alpha value is -0.700. The Labute approximate surface area is 34.5 Å². The van der Waals surface area contributed by atoms with Gasteiger partial charge < -0.3 is 0 Å². The van der Waals surface area contributed by atoms with Gasteiger partial charge in [0.15, 0.2) is 6.20 Å². The van der Waals surface area contributed by atoms with Gasteiger partial charge in [-0.1, -0.05) is 0 Å². The van der Waals surface area contributed by atoms with Crippen LogP contribution in [0.15, 0.2) is 17.4 Å². The standard InChI is InChI=1S/C3H3FN2/c4-6-3-1-2-5-6/h1-3H/p+1. The van der Waals surface area contributed by atoms with Crippen molar-refractivity contribution in [2.75, 3.05) is 0 Å². The van der Waals surface area contributed by atoms with E-state index in [9.17, 15) is 4.48 Å². The van der Waals surface area contributed by atoms with Crippen molar-refractivity contribution >= 4 is 6.21 Å². The van der Waals surface area contributed by atoms with Crippen LogP contribution in [0.2, 0.25) is 0 Å². The number of quaternary nitrogens is 1. The van der Waals surface area contributed by atoms with E-state index >= 15 is 0 Å². The van der Waals surface area contributed by atoms with Crippen molar-refractivity contribution in [1.29, 1.82) is 0 Å². The number of nitrogens with zero attached hydrogens (tertiary/aromatic N) is 1. The van der Waals surface area contributed by atoms with E-state index in [1.807, 2.05) is 0 Å². The topological polar surface area (TPSA) is 16.8 Å². The second kappa shape index (κ2) is 1.18. The minimum absolute atomic E-state index is 0.407. The number of allylic oxidation sites excluding steroid dienone is 1. The molecule has 1 rings (SSSR count). The highest BCUT2D eigenvalue weighted by molar-refractivity contribution is 5.70. The smallest absolute Gasteiger partial charge is 0.0453 e. The Kier molecular flexibility index (Phi) is 0.686. The lowest BCUT2D eigenvalue weighted by atomic mass is 10.7. The summed E-state index contributed by atoms with van der Waals surface area (Å²) < 4.78 is 11.6. The average molecular weight is 87.1 g/mol. The van der Waals surface area contributed by atoms with Crippen LogP contribution in [0.1, 0.15) is 0 Å². The fourth-order valence-corrected chi connectivity index (χ4v) is 0.280. The molecule has 3 heteroatoms. The van der Waals surface area contributed by atoms with E-state index in [4.69, 9.17) is 0 Å². The lowest BCUT2D eigenvalue weighted by molar-refractivity contribution is -0.998. The molecule has 0 saturated heterocycles. The maximum Gasteiger partial charge on any atom is 0.163 e. The molecule has 1 aliphatic heterocycles. The third kappa shape index (κ3) is 0.440. The summed E-state index contributed by atoms with van der Waals surface area (Å²) in [5.74, 6) is 0. The second-order valence-corrected chi connectivity index (χ2v) is 0.960. The molecule has 1 N–H and O–H groups in total. The van der Waals surface area contributed by atoms with Gasteiger partial charge in [0.1, 0.15) is 0 Å². The molecule has 1 unspecified atom stereocenters. The molecule has 2 nitrogen and oxygen atoms in total. The molecule has 0 fully saturated rings. The molecular formula is C3H4FN2+. The highest BCUT2D eigenvalue weighted by Gasteiger charge is 1.98. The SMILES string of the molecule is F[NH+]1C=CC=N1. The van der Waals surface area contributed by atoms with E-state index in [0.29, 0.717) is 0 Å². The molecule has 0 spiro atoms. The Bertz CT molecular complexity index is 85.0. The molecule has 0 aliphatic carbocycles. The summed E-state index contributed by atoms with van der Waals surface area (Å²) in [5, 5.41) is 2.84. The predicted molar refractivity (Wildman–Crippen MR) is 19.7 cm³/mol. The van der Waals surface area contributed by atoms with Crippen LogP contribution in [0, 0.1) is 0 Å². The van der Waals surface area contributed by atoms with E-state index in [1.54, 1.807) is 6.08 Å². The van der Waals surface area contributed by atoms with Crippen LogP contribution >= 0.6 is 0 Å². The van der Waals surface area contributed by atoms with Gasteiger partial charge in [-0.2, -0.15) is 0 Å². The molecule has 0 aromatic carbocycles. The van der Waals surface area contributed by atoms with Crippen LogP contribution in [0.3, 0.4) is 0 Å². The fourth-order valence-electron chi connectivity index (χ4n) is 0.280. The largest absolute Gasteiger partial charge is 0.163 e. The predicted octanol–water partition coefficient (Wildman–Crippen LogP) is -0.731. The minimum atomic E-state index is -0.407. The number of rotatable bonds is 0. The highest BCUT2D eigenvalue weighted by atomic mass is 19.2. The maximum atomic E-state index is 11.6. The van der Waals surface area contributed by atoms with Crippen LogP contribution in [0.5, 0.6) is 0 Å². The molecule has 0 saturated carbocycles.